The number of nitrogens with one attached hydrogen (secondary N) is 1. The average Bonchev–Trinajstić information content (AvgIpc) is 2.80. The fourth-order valence-corrected chi connectivity index (χ4v) is 0.998. The minimum atomic E-state index is 0.385. The first-order valence-electron chi connectivity index (χ1n) is 4.68. The maximum atomic E-state index is 5.51. The fourth-order valence-electron chi connectivity index (χ4n) is 0.998. The zero-order chi connectivity index (χ0) is 8.10. The van der Waals surface area contributed by atoms with Gasteiger partial charge >= 0.3 is 0 Å². The molecule has 0 aromatic heterocycles. The highest BCUT2D eigenvalue weighted by atomic mass is 16.5. The molecule has 0 radical (unpaired) electrons. The van der Waals surface area contributed by atoms with Crippen LogP contribution in [0.25, 0.3) is 0 Å². The number of hydrogen-bond donors (Lipinski definition) is 1. The van der Waals surface area contributed by atoms with Gasteiger partial charge in [-0.1, -0.05) is 6.92 Å². The molecule has 1 unspecified atom stereocenters. The number of ether oxygens (including phenoxy) is 1. The van der Waals surface area contributed by atoms with Crippen LogP contribution < -0.4 is 5.32 Å². The van der Waals surface area contributed by atoms with Crippen LogP contribution in [-0.2, 0) is 4.74 Å². The van der Waals surface area contributed by atoms with E-state index in [9.17, 15) is 0 Å². The molecule has 1 N–H and O–H groups in total. The summed E-state index contributed by atoms with van der Waals surface area (Å²) in [5, 5.41) is 3.44. The molecule has 1 atom stereocenters. The topological polar surface area (TPSA) is 21.3 Å². The van der Waals surface area contributed by atoms with Crippen molar-refractivity contribution >= 4 is 0 Å². The summed E-state index contributed by atoms with van der Waals surface area (Å²) in [6, 6.07) is 0.808. The van der Waals surface area contributed by atoms with E-state index >= 15 is 0 Å². The molecule has 2 nitrogen and oxygen atoms in total. The highest BCUT2D eigenvalue weighted by Gasteiger charge is 2.20. The van der Waals surface area contributed by atoms with Gasteiger partial charge in [0.25, 0.3) is 0 Å². The second-order valence-corrected chi connectivity index (χ2v) is 3.36. The summed E-state index contributed by atoms with van der Waals surface area (Å²) in [6.07, 6.45) is 4.23. The third-order valence-electron chi connectivity index (χ3n) is 1.88. The molecule has 2 heteroatoms. The molecule has 66 valence electrons. The molecule has 11 heavy (non-hydrogen) atoms. The van der Waals surface area contributed by atoms with Gasteiger partial charge in [-0.2, -0.15) is 0 Å². The predicted molar refractivity (Wildman–Crippen MR) is 46.7 cm³/mol. The van der Waals surface area contributed by atoms with Gasteiger partial charge < -0.3 is 10.1 Å². The Bertz CT molecular complexity index is 102. The monoisotopic (exact) mass is 157 g/mol. The quantitative estimate of drug-likeness (QED) is 0.631. The Hall–Kier alpha value is -0.0800. The Morgan fingerprint density at radius 3 is 2.82 bits per heavy atom. The Morgan fingerprint density at radius 2 is 2.27 bits per heavy atom. The Kier molecular flexibility index (Phi) is 3.87. The van der Waals surface area contributed by atoms with E-state index in [-0.39, 0.29) is 0 Å². The zero-order valence-corrected chi connectivity index (χ0v) is 7.60. The first kappa shape index (κ1) is 9.01. The summed E-state index contributed by atoms with van der Waals surface area (Å²) in [4.78, 5) is 0. The summed E-state index contributed by atoms with van der Waals surface area (Å²) >= 11 is 0. The van der Waals surface area contributed by atoms with Crippen molar-refractivity contribution in [3.63, 3.8) is 0 Å². The standard InChI is InChI=1S/C9H19NO/c1-3-6-11-8(2)7-10-9-4-5-9/h8-10H,3-7H2,1-2H3. The molecule has 0 amide bonds. The van der Waals surface area contributed by atoms with Crippen LogP contribution in [0.2, 0.25) is 0 Å². The van der Waals surface area contributed by atoms with Crippen LogP contribution in [0, 0.1) is 0 Å². The summed E-state index contributed by atoms with van der Waals surface area (Å²) in [5.41, 5.74) is 0. The molecule has 1 rings (SSSR count). The van der Waals surface area contributed by atoms with E-state index in [4.69, 9.17) is 4.74 Å². The first-order chi connectivity index (χ1) is 5.33. The minimum absolute atomic E-state index is 0.385. The second-order valence-electron chi connectivity index (χ2n) is 3.36. The van der Waals surface area contributed by atoms with Crippen LogP contribution in [0.4, 0.5) is 0 Å². The molecule has 0 saturated heterocycles. The van der Waals surface area contributed by atoms with Gasteiger partial charge in [-0.25, -0.2) is 0 Å². The third-order valence-corrected chi connectivity index (χ3v) is 1.88. The predicted octanol–water partition coefficient (Wildman–Crippen LogP) is 1.55. The van der Waals surface area contributed by atoms with Gasteiger partial charge in [-0.15, -0.1) is 0 Å². The van der Waals surface area contributed by atoms with Gasteiger partial charge in [-0.05, 0) is 26.2 Å². The van der Waals surface area contributed by atoms with E-state index < -0.39 is 0 Å². The summed E-state index contributed by atoms with van der Waals surface area (Å²) in [7, 11) is 0. The average molecular weight is 157 g/mol. The second kappa shape index (κ2) is 4.73. The van der Waals surface area contributed by atoms with Crippen molar-refractivity contribution in [3.8, 4) is 0 Å². The van der Waals surface area contributed by atoms with Crippen LogP contribution in [0.3, 0.4) is 0 Å². The maximum Gasteiger partial charge on any atom is 0.0671 e. The first-order valence-corrected chi connectivity index (χ1v) is 4.68. The van der Waals surface area contributed by atoms with E-state index in [1.165, 1.54) is 12.8 Å². The molecule has 0 heterocycles. The molecule has 0 bridgehead atoms. The highest BCUT2D eigenvalue weighted by molar-refractivity contribution is 4.81. The Balaban J connectivity index is 1.87. The fraction of sp³-hybridized carbons (Fsp3) is 1.00. The van der Waals surface area contributed by atoms with Gasteiger partial charge in [0.05, 0.1) is 6.10 Å². The van der Waals surface area contributed by atoms with Gasteiger partial charge in [0, 0.05) is 19.2 Å². The lowest BCUT2D eigenvalue weighted by molar-refractivity contribution is 0.0662. The van der Waals surface area contributed by atoms with Crippen molar-refractivity contribution < 1.29 is 4.74 Å². The van der Waals surface area contributed by atoms with Gasteiger partial charge in [0.2, 0.25) is 0 Å². The molecular formula is C9H19NO. The van der Waals surface area contributed by atoms with Crippen molar-refractivity contribution in [2.75, 3.05) is 13.2 Å². The van der Waals surface area contributed by atoms with Crippen molar-refractivity contribution in [2.45, 2.75) is 45.3 Å². The van der Waals surface area contributed by atoms with Crippen LogP contribution >= 0.6 is 0 Å². The van der Waals surface area contributed by atoms with Gasteiger partial charge in [0.15, 0.2) is 0 Å². The van der Waals surface area contributed by atoms with E-state index in [0.29, 0.717) is 6.10 Å². The zero-order valence-electron chi connectivity index (χ0n) is 7.60. The van der Waals surface area contributed by atoms with Crippen LogP contribution in [0.5, 0.6) is 0 Å². The van der Waals surface area contributed by atoms with Crippen molar-refractivity contribution in [1.29, 1.82) is 0 Å². The van der Waals surface area contributed by atoms with Crippen molar-refractivity contribution in [2.24, 2.45) is 0 Å². The maximum absolute atomic E-state index is 5.51. The van der Waals surface area contributed by atoms with Crippen LogP contribution in [0.1, 0.15) is 33.1 Å². The lowest BCUT2D eigenvalue weighted by Crippen LogP contribution is -2.28. The highest BCUT2D eigenvalue weighted by Crippen LogP contribution is 2.18. The largest absolute Gasteiger partial charge is 0.377 e. The van der Waals surface area contributed by atoms with E-state index in [1.807, 2.05) is 0 Å². The smallest absolute Gasteiger partial charge is 0.0671 e. The third kappa shape index (κ3) is 4.38. The molecular weight excluding hydrogens is 138 g/mol. The number of rotatable bonds is 6. The SMILES string of the molecule is CCCOC(C)CNC1CC1. The molecule has 1 aliphatic carbocycles. The molecule has 0 aromatic carbocycles. The van der Waals surface area contributed by atoms with Crippen molar-refractivity contribution in [3.05, 3.63) is 0 Å². The molecule has 1 saturated carbocycles. The van der Waals surface area contributed by atoms with Crippen molar-refractivity contribution in [1.82, 2.24) is 5.32 Å². The van der Waals surface area contributed by atoms with E-state index in [2.05, 4.69) is 19.2 Å². The summed E-state index contributed by atoms with van der Waals surface area (Å²) in [6.45, 7) is 6.18. The number of hydrogen-bond acceptors (Lipinski definition) is 2. The summed E-state index contributed by atoms with van der Waals surface area (Å²) < 4.78 is 5.51. The van der Waals surface area contributed by atoms with E-state index in [0.717, 1.165) is 25.6 Å². The molecule has 0 aliphatic heterocycles. The van der Waals surface area contributed by atoms with E-state index in [1.54, 1.807) is 0 Å². The molecule has 1 aliphatic rings. The van der Waals surface area contributed by atoms with Crippen LogP contribution in [0.15, 0.2) is 0 Å². The normalized spacial score (nSPS) is 20.2. The Labute approximate surface area is 69.3 Å². The molecule has 0 aromatic rings. The molecule has 1 fully saturated rings. The minimum Gasteiger partial charge on any atom is -0.377 e. The Morgan fingerprint density at radius 1 is 1.55 bits per heavy atom. The van der Waals surface area contributed by atoms with Crippen LogP contribution in [-0.4, -0.2) is 25.3 Å². The lowest BCUT2D eigenvalue weighted by atomic mass is 10.4. The summed E-state index contributed by atoms with van der Waals surface area (Å²) in [5.74, 6) is 0. The van der Waals surface area contributed by atoms with Gasteiger partial charge in [-0.3, -0.25) is 0 Å². The molecule has 0 spiro atoms. The van der Waals surface area contributed by atoms with Gasteiger partial charge in [0.1, 0.15) is 0 Å². The lowest BCUT2D eigenvalue weighted by Gasteiger charge is -2.12.